The quantitative estimate of drug-likeness (QED) is 0.609. The van der Waals surface area contributed by atoms with E-state index in [4.69, 9.17) is 4.98 Å². The van der Waals surface area contributed by atoms with Crippen LogP contribution in [-0.4, -0.2) is 4.98 Å². The Balaban J connectivity index is 2.50. The summed E-state index contributed by atoms with van der Waals surface area (Å²) >= 11 is 0. The highest BCUT2D eigenvalue weighted by atomic mass is 14.7. The van der Waals surface area contributed by atoms with Gasteiger partial charge in [0.15, 0.2) is 0 Å². The van der Waals surface area contributed by atoms with E-state index >= 15 is 0 Å². The van der Waals surface area contributed by atoms with Crippen molar-refractivity contribution in [3.8, 4) is 0 Å². The van der Waals surface area contributed by atoms with Crippen LogP contribution >= 0.6 is 0 Å². The molecule has 1 aromatic rings. The number of hydrogen-bond acceptors (Lipinski definition) is 1. The fraction of sp³-hybridized carbons (Fsp3) is 0.750. The van der Waals surface area contributed by atoms with Gasteiger partial charge in [0.2, 0.25) is 0 Å². The second-order valence-electron chi connectivity index (χ2n) is 10.0. The van der Waals surface area contributed by atoms with Crippen molar-refractivity contribution in [2.75, 3.05) is 0 Å². The van der Waals surface area contributed by atoms with Crippen molar-refractivity contribution in [2.24, 2.45) is 16.2 Å². The molecular formula is C20H33N. The smallest absolute Gasteiger partial charge is 0.0442 e. The predicted octanol–water partition coefficient (Wildman–Crippen LogP) is 5.56. The van der Waals surface area contributed by atoms with Crippen molar-refractivity contribution < 1.29 is 0 Å². The molecule has 118 valence electrons. The van der Waals surface area contributed by atoms with E-state index < -0.39 is 0 Å². The lowest BCUT2D eigenvalue weighted by molar-refractivity contribution is -0.0225. The summed E-state index contributed by atoms with van der Waals surface area (Å²) in [4.78, 5) is 4.85. The molecule has 0 radical (unpaired) electrons. The van der Waals surface area contributed by atoms with Crippen molar-refractivity contribution in [3.05, 3.63) is 29.1 Å². The predicted molar refractivity (Wildman–Crippen MR) is 91.7 cm³/mol. The van der Waals surface area contributed by atoms with Gasteiger partial charge in [0, 0.05) is 11.9 Å². The molecule has 1 nitrogen and oxygen atoms in total. The van der Waals surface area contributed by atoms with Crippen molar-refractivity contribution in [3.63, 3.8) is 0 Å². The van der Waals surface area contributed by atoms with Crippen molar-refractivity contribution in [2.45, 2.75) is 80.6 Å². The van der Waals surface area contributed by atoms with Crippen LogP contribution in [0, 0.1) is 16.2 Å². The van der Waals surface area contributed by atoms with Gasteiger partial charge in [-0.25, -0.2) is 0 Å². The molecule has 1 heterocycles. The van der Waals surface area contributed by atoms with E-state index in [1.807, 2.05) is 0 Å². The van der Waals surface area contributed by atoms with E-state index in [-0.39, 0.29) is 21.7 Å². The molecule has 0 N–H and O–H groups in total. The maximum absolute atomic E-state index is 4.85. The fourth-order valence-electron chi connectivity index (χ4n) is 4.12. The molecule has 1 aromatic heterocycles. The molecule has 0 amide bonds. The van der Waals surface area contributed by atoms with Gasteiger partial charge < -0.3 is 0 Å². The summed E-state index contributed by atoms with van der Waals surface area (Å²) in [7, 11) is 0. The standard InChI is InChI=1S/C20H33N/c1-17(2,3)15-10-14-11-20(18(4,5)6,19(7,8)9)12-16(14)21-13-15/h10,13H,11-12H2,1-9H3. The molecule has 0 saturated carbocycles. The first-order chi connectivity index (χ1) is 9.28. The van der Waals surface area contributed by atoms with Crippen molar-refractivity contribution in [1.29, 1.82) is 0 Å². The van der Waals surface area contributed by atoms with Gasteiger partial charge in [0.05, 0.1) is 0 Å². The summed E-state index contributed by atoms with van der Waals surface area (Å²) in [6, 6.07) is 2.42. The first kappa shape index (κ1) is 16.5. The zero-order valence-electron chi connectivity index (χ0n) is 15.5. The number of rotatable bonds is 0. The lowest BCUT2D eigenvalue weighted by Gasteiger charge is -2.51. The maximum atomic E-state index is 4.85. The van der Waals surface area contributed by atoms with Crippen LogP contribution in [0.5, 0.6) is 0 Å². The van der Waals surface area contributed by atoms with E-state index in [2.05, 4.69) is 74.6 Å². The molecule has 0 spiro atoms. The van der Waals surface area contributed by atoms with Crippen molar-refractivity contribution >= 4 is 0 Å². The summed E-state index contributed by atoms with van der Waals surface area (Å²) in [5, 5.41) is 0. The minimum absolute atomic E-state index is 0.177. The summed E-state index contributed by atoms with van der Waals surface area (Å²) in [5.74, 6) is 0. The number of pyridine rings is 1. The summed E-state index contributed by atoms with van der Waals surface area (Å²) in [5.41, 5.74) is 5.17. The van der Waals surface area contributed by atoms with E-state index in [9.17, 15) is 0 Å². The molecule has 0 unspecified atom stereocenters. The summed E-state index contributed by atoms with van der Waals surface area (Å²) in [6.07, 6.45) is 4.37. The monoisotopic (exact) mass is 287 g/mol. The summed E-state index contributed by atoms with van der Waals surface area (Å²) in [6.45, 7) is 21.2. The Morgan fingerprint density at radius 1 is 0.857 bits per heavy atom. The lowest BCUT2D eigenvalue weighted by atomic mass is 9.53. The zero-order chi connectivity index (χ0) is 16.3. The van der Waals surface area contributed by atoms with Crippen LogP contribution in [0.2, 0.25) is 0 Å². The molecule has 1 aliphatic rings. The minimum Gasteiger partial charge on any atom is -0.261 e. The molecule has 1 aliphatic carbocycles. The Morgan fingerprint density at radius 3 is 1.81 bits per heavy atom. The molecule has 21 heavy (non-hydrogen) atoms. The molecule has 0 bridgehead atoms. The molecule has 0 atom stereocenters. The van der Waals surface area contributed by atoms with Crippen LogP contribution in [0.3, 0.4) is 0 Å². The highest BCUT2D eigenvalue weighted by Gasteiger charge is 2.53. The third-order valence-corrected chi connectivity index (χ3v) is 5.76. The molecular weight excluding hydrogens is 254 g/mol. The minimum atomic E-state index is 0.177. The third-order valence-electron chi connectivity index (χ3n) is 5.76. The first-order valence-corrected chi connectivity index (χ1v) is 8.26. The number of nitrogens with zero attached hydrogens (tertiary/aromatic N) is 1. The van der Waals surface area contributed by atoms with Gasteiger partial charge >= 0.3 is 0 Å². The van der Waals surface area contributed by atoms with Gasteiger partial charge in [-0.15, -0.1) is 0 Å². The normalized spacial score (nSPS) is 18.7. The van der Waals surface area contributed by atoms with Crippen molar-refractivity contribution in [1.82, 2.24) is 4.98 Å². The highest BCUT2D eigenvalue weighted by Crippen LogP contribution is 2.58. The third kappa shape index (κ3) is 2.64. The van der Waals surface area contributed by atoms with Gasteiger partial charge in [-0.2, -0.15) is 0 Å². The summed E-state index contributed by atoms with van der Waals surface area (Å²) < 4.78 is 0. The van der Waals surface area contributed by atoms with Crippen LogP contribution < -0.4 is 0 Å². The van der Waals surface area contributed by atoms with E-state index in [0.29, 0.717) is 0 Å². The van der Waals surface area contributed by atoms with E-state index in [1.54, 1.807) is 0 Å². The van der Waals surface area contributed by atoms with Gasteiger partial charge in [-0.1, -0.05) is 68.4 Å². The molecule has 0 fully saturated rings. The second-order valence-corrected chi connectivity index (χ2v) is 10.0. The average Bonchev–Trinajstić information content (AvgIpc) is 2.65. The number of fused-ring (bicyclic) bond motifs is 1. The zero-order valence-corrected chi connectivity index (χ0v) is 15.5. The Bertz CT molecular complexity index is 518. The topological polar surface area (TPSA) is 12.9 Å². The van der Waals surface area contributed by atoms with Gasteiger partial charge in [0.25, 0.3) is 0 Å². The number of hydrogen-bond donors (Lipinski definition) is 0. The molecule has 0 aliphatic heterocycles. The molecule has 2 rings (SSSR count). The van der Waals surface area contributed by atoms with Crippen LogP contribution in [0.4, 0.5) is 0 Å². The fourth-order valence-corrected chi connectivity index (χ4v) is 4.12. The number of aromatic nitrogens is 1. The van der Waals surface area contributed by atoms with Gasteiger partial charge in [-0.3, -0.25) is 4.98 Å². The Kier molecular flexibility index (Phi) is 3.60. The van der Waals surface area contributed by atoms with Gasteiger partial charge in [0.1, 0.15) is 0 Å². The Labute approximate surface area is 131 Å². The highest BCUT2D eigenvalue weighted by molar-refractivity contribution is 5.36. The van der Waals surface area contributed by atoms with Gasteiger partial charge in [-0.05, 0) is 45.6 Å². The molecule has 0 aromatic carbocycles. The lowest BCUT2D eigenvalue weighted by Crippen LogP contribution is -2.47. The van der Waals surface area contributed by atoms with Crippen LogP contribution in [0.1, 0.15) is 79.1 Å². The Hall–Kier alpha value is -0.850. The van der Waals surface area contributed by atoms with Crippen LogP contribution in [-0.2, 0) is 18.3 Å². The van der Waals surface area contributed by atoms with Crippen LogP contribution in [0.15, 0.2) is 12.3 Å². The second kappa shape index (κ2) is 4.57. The maximum Gasteiger partial charge on any atom is 0.0442 e. The Morgan fingerprint density at radius 2 is 1.38 bits per heavy atom. The van der Waals surface area contributed by atoms with E-state index in [1.165, 1.54) is 16.8 Å². The van der Waals surface area contributed by atoms with Crippen LogP contribution in [0.25, 0.3) is 0 Å². The first-order valence-electron chi connectivity index (χ1n) is 8.26. The van der Waals surface area contributed by atoms with E-state index in [0.717, 1.165) is 12.8 Å². The average molecular weight is 287 g/mol. The SMILES string of the molecule is CC(C)(C)c1cnc2c(c1)CC(C(C)(C)C)(C(C)(C)C)C2. The largest absolute Gasteiger partial charge is 0.261 e. The molecule has 0 saturated heterocycles. The molecule has 1 heteroatoms.